The van der Waals surface area contributed by atoms with Gasteiger partial charge in [-0.2, -0.15) is 0 Å². The third kappa shape index (κ3) is 8.26. The van der Waals surface area contributed by atoms with Gasteiger partial charge in [-0.05, 0) is 45.4 Å². The minimum Gasteiger partial charge on any atom is -0.330 e. The minimum absolute atomic E-state index is 0.675. The van der Waals surface area contributed by atoms with Crippen molar-refractivity contribution in [3.63, 3.8) is 0 Å². The predicted octanol–water partition coefficient (Wildman–Crippen LogP) is 2.09. The lowest BCUT2D eigenvalue weighted by atomic mass is 10.1. The van der Waals surface area contributed by atoms with E-state index in [1.165, 1.54) is 38.8 Å². The zero-order valence-corrected chi connectivity index (χ0v) is 9.55. The molecule has 1 atom stereocenters. The van der Waals surface area contributed by atoms with Crippen molar-refractivity contribution in [1.29, 1.82) is 0 Å². The smallest absolute Gasteiger partial charge is 0.00188 e. The van der Waals surface area contributed by atoms with E-state index in [-0.39, 0.29) is 0 Å². The first-order chi connectivity index (χ1) is 6.20. The first-order valence-electron chi connectivity index (χ1n) is 5.59. The van der Waals surface area contributed by atoms with Crippen LogP contribution >= 0.6 is 0 Å². The van der Waals surface area contributed by atoms with Crippen LogP contribution < -0.4 is 5.73 Å². The number of nitrogens with two attached hydrogens (primary N) is 1. The summed E-state index contributed by atoms with van der Waals surface area (Å²) in [6.07, 6.45) is 5.24. The first kappa shape index (κ1) is 12.9. The van der Waals surface area contributed by atoms with E-state index in [0.717, 1.165) is 6.54 Å². The molecule has 0 aliphatic heterocycles. The molecule has 0 aliphatic rings. The van der Waals surface area contributed by atoms with E-state index < -0.39 is 0 Å². The second-order valence-electron chi connectivity index (χ2n) is 4.14. The summed E-state index contributed by atoms with van der Waals surface area (Å²) >= 11 is 0. The van der Waals surface area contributed by atoms with Crippen LogP contribution in [0.15, 0.2) is 0 Å². The van der Waals surface area contributed by atoms with Gasteiger partial charge < -0.3 is 10.6 Å². The highest BCUT2D eigenvalue weighted by atomic mass is 15.1. The highest BCUT2D eigenvalue weighted by molar-refractivity contribution is 4.57. The third-order valence-corrected chi connectivity index (χ3v) is 2.55. The standard InChI is InChI=1S/C11H26N2/c1-4-5-6-8-13(3)9-7-11(2)10-12/h11H,4-10,12H2,1-3H3. The topological polar surface area (TPSA) is 29.3 Å². The highest BCUT2D eigenvalue weighted by Gasteiger charge is 2.02. The van der Waals surface area contributed by atoms with E-state index in [9.17, 15) is 0 Å². The second kappa shape index (κ2) is 8.52. The van der Waals surface area contributed by atoms with Crippen LogP contribution in [0.5, 0.6) is 0 Å². The maximum atomic E-state index is 5.56. The number of nitrogens with zero attached hydrogens (tertiary/aromatic N) is 1. The van der Waals surface area contributed by atoms with Crippen molar-refractivity contribution >= 4 is 0 Å². The molecular formula is C11H26N2. The van der Waals surface area contributed by atoms with Gasteiger partial charge in [-0.1, -0.05) is 26.7 Å². The summed E-state index contributed by atoms with van der Waals surface area (Å²) < 4.78 is 0. The van der Waals surface area contributed by atoms with Crippen molar-refractivity contribution in [2.45, 2.75) is 39.5 Å². The Hall–Kier alpha value is -0.0800. The van der Waals surface area contributed by atoms with Gasteiger partial charge in [0.15, 0.2) is 0 Å². The van der Waals surface area contributed by atoms with Gasteiger partial charge in [0.1, 0.15) is 0 Å². The molecule has 0 amide bonds. The summed E-state index contributed by atoms with van der Waals surface area (Å²) in [6, 6.07) is 0. The van der Waals surface area contributed by atoms with Crippen molar-refractivity contribution < 1.29 is 0 Å². The Morgan fingerprint density at radius 2 is 1.92 bits per heavy atom. The van der Waals surface area contributed by atoms with Crippen LogP contribution in [0.1, 0.15) is 39.5 Å². The van der Waals surface area contributed by atoms with Gasteiger partial charge in [0.05, 0.1) is 0 Å². The van der Waals surface area contributed by atoms with E-state index in [2.05, 4.69) is 25.8 Å². The second-order valence-corrected chi connectivity index (χ2v) is 4.14. The Labute approximate surface area is 83.5 Å². The summed E-state index contributed by atoms with van der Waals surface area (Å²) in [5.74, 6) is 0.675. The summed E-state index contributed by atoms with van der Waals surface area (Å²) in [4.78, 5) is 2.42. The van der Waals surface area contributed by atoms with E-state index in [4.69, 9.17) is 5.73 Å². The molecule has 0 saturated carbocycles. The normalized spacial score (nSPS) is 13.6. The highest BCUT2D eigenvalue weighted by Crippen LogP contribution is 2.02. The molecule has 0 aromatic heterocycles. The Balaban J connectivity index is 3.24. The fraction of sp³-hybridized carbons (Fsp3) is 1.00. The third-order valence-electron chi connectivity index (χ3n) is 2.55. The van der Waals surface area contributed by atoms with Gasteiger partial charge in [-0.3, -0.25) is 0 Å². The van der Waals surface area contributed by atoms with Gasteiger partial charge in [0.25, 0.3) is 0 Å². The summed E-state index contributed by atoms with van der Waals surface area (Å²) in [5, 5.41) is 0. The Bertz CT molecular complexity index is 104. The zero-order chi connectivity index (χ0) is 10.1. The fourth-order valence-corrected chi connectivity index (χ4v) is 1.30. The average Bonchev–Trinajstić information content (AvgIpc) is 2.14. The van der Waals surface area contributed by atoms with Gasteiger partial charge in [0, 0.05) is 0 Å². The summed E-state index contributed by atoms with van der Waals surface area (Å²) in [5.41, 5.74) is 5.56. The fourth-order valence-electron chi connectivity index (χ4n) is 1.30. The maximum Gasteiger partial charge on any atom is -0.00188 e. The molecule has 2 heteroatoms. The Morgan fingerprint density at radius 1 is 1.23 bits per heavy atom. The monoisotopic (exact) mass is 186 g/mol. The number of hydrogen-bond acceptors (Lipinski definition) is 2. The van der Waals surface area contributed by atoms with Crippen LogP contribution in [-0.2, 0) is 0 Å². The van der Waals surface area contributed by atoms with E-state index >= 15 is 0 Å². The lowest BCUT2D eigenvalue weighted by Gasteiger charge is -2.18. The molecule has 0 saturated heterocycles. The van der Waals surface area contributed by atoms with Gasteiger partial charge in [-0.25, -0.2) is 0 Å². The SMILES string of the molecule is CCCCCN(C)CCC(C)CN. The lowest BCUT2D eigenvalue weighted by molar-refractivity contribution is 0.300. The molecule has 0 aliphatic carbocycles. The molecule has 0 rings (SSSR count). The summed E-state index contributed by atoms with van der Waals surface area (Å²) in [6.45, 7) is 7.73. The number of rotatable bonds is 8. The van der Waals surface area contributed by atoms with E-state index in [0.29, 0.717) is 5.92 Å². The van der Waals surface area contributed by atoms with Gasteiger partial charge >= 0.3 is 0 Å². The molecule has 0 heterocycles. The zero-order valence-electron chi connectivity index (χ0n) is 9.55. The van der Waals surface area contributed by atoms with Crippen LogP contribution in [0, 0.1) is 5.92 Å². The molecule has 0 spiro atoms. The number of hydrogen-bond donors (Lipinski definition) is 1. The van der Waals surface area contributed by atoms with Gasteiger partial charge in [-0.15, -0.1) is 0 Å². The molecule has 0 bridgehead atoms. The van der Waals surface area contributed by atoms with Crippen LogP contribution in [0.25, 0.3) is 0 Å². The van der Waals surface area contributed by atoms with Crippen molar-refractivity contribution in [2.75, 3.05) is 26.7 Å². The van der Waals surface area contributed by atoms with E-state index in [1.807, 2.05) is 0 Å². The van der Waals surface area contributed by atoms with Crippen molar-refractivity contribution in [3.8, 4) is 0 Å². The lowest BCUT2D eigenvalue weighted by Crippen LogP contribution is -2.24. The molecular weight excluding hydrogens is 160 g/mol. The van der Waals surface area contributed by atoms with Crippen LogP contribution in [-0.4, -0.2) is 31.6 Å². The molecule has 13 heavy (non-hydrogen) atoms. The largest absolute Gasteiger partial charge is 0.330 e. The van der Waals surface area contributed by atoms with Crippen molar-refractivity contribution in [1.82, 2.24) is 4.90 Å². The molecule has 0 aromatic rings. The number of unbranched alkanes of at least 4 members (excludes halogenated alkanes) is 2. The van der Waals surface area contributed by atoms with Crippen LogP contribution in [0.2, 0.25) is 0 Å². The summed E-state index contributed by atoms with van der Waals surface area (Å²) in [7, 11) is 2.21. The quantitative estimate of drug-likeness (QED) is 0.588. The van der Waals surface area contributed by atoms with E-state index in [1.54, 1.807) is 0 Å². The molecule has 0 fully saturated rings. The molecule has 80 valence electrons. The minimum atomic E-state index is 0.675. The van der Waals surface area contributed by atoms with Crippen LogP contribution in [0.3, 0.4) is 0 Å². The maximum absolute atomic E-state index is 5.56. The van der Waals surface area contributed by atoms with Crippen molar-refractivity contribution in [2.24, 2.45) is 11.7 Å². The Kier molecular flexibility index (Phi) is 8.46. The molecule has 1 unspecified atom stereocenters. The predicted molar refractivity (Wildman–Crippen MR) is 59.9 cm³/mol. The molecule has 2 N–H and O–H groups in total. The molecule has 0 radical (unpaired) electrons. The Morgan fingerprint density at radius 3 is 2.46 bits per heavy atom. The average molecular weight is 186 g/mol. The molecule has 0 aromatic carbocycles. The van der Waals surface area contributed by atoms with Gasteiger partial charge in [0.2, 0.25) is 0 Å². The molecule has 2 nitrogen and oxygen atoms in total. The van der Waals surface area contributed by atoms with Crippen molar-refractivity contribution in [3.05, 3.63) is 0 Å². The first-order valence-corrected chi connectivity index (χ1v) is 5.59. The van der Waals surface area contributed by atoms with Crippen LogP contribution in [0.4, 0.5) is 0 Å².